The number of hydrogen-bond acceptors (Lipinski definition) is 7. The molecule has 0 bridgehead atoms. The predicted octanol–water partition coefficient (Wildman–Crippen LogP) is 4.93. The van der Waals surface area contributed by atoms with Crippen LogP contribution in [0.2, 0.25) is 15.6 Å². The molecule has 4 aromatic rings. The van der Waals surface area contributed by atoms with Crippen LogP contribution < -0.4 is 5.69 Å². The summed E-state index contributed by atoms with van der Waals surface area (Å²) in [5, 5.41) is 5.44. The van der Waals surface area contributed by atoms with Gasteiger partial charge < -0.3 is 0 Å². The quantitative estimate of drug-likeness (QED) is 0.190. The van der Waals surface area contributed by atoms with Gasteiger partial charge in [0.15, 0.2) is 11.3 Å². The third kappa shape index (κ3) is 7.57. The molecule has 4 aromatic heterocycles. The largest absolute Gasteiger partial charge is 0.349 e. The van der Waals surface area contributed by atoms with Gasteiger partial charge in [0.25, 0.3) is 0 Å². The molecule has 0 aliphatic rings. The Morgan fingerprint density at radius 3 is 1.93 bits per heavy atom. The monoisotopic (exact) mass is 538 g/mol. The highest BCUT2D eigenvalue weighted by Gasteiger charge is 2.05. The SMILES string of the molecule is Cc1nc2cc(Cl)[nH]c(=O)n2n1.Cc1nc2cc(Cl)nc(Cl)n2n1.O=P(Cl)(Cl)Cl. The van der Waals surface area contributed by atoms with Crippen LogP contribution in [0.1, 0.15) is 11.6 Å². The fourth-order valence-electron chi connectivity index (χ4n) is 1.91. The number of halogens is 6. The predicted molar refractivity (Wildman–Crippen MR) is 114 cm³/mol. The van der Waals surface area contributed by atoms with Crippen molar-refractivity contribution in [3.05, 3.63) is 49.9 Å². The van der Waals surface area contributed by atoms with E-state index in [9.17, 15) is 9.36 Å². The highest BCUT2D eigenvalue weighted by atomic mass is 36.0. The van der Waals surface area contributed by atoms with Crippen LogP contribution >= 0.6 is 73.7 Å². The molecule has 0 radical (unpaired) electrons. The maximum Gasteiger partial charge on any atom is 0.349 e. The van der Waals surface area contributed by atoms with E-state index in [2.05, 4.69) is 63.9 Å². The molecule has 4 rings (SSSR count). The fraction of sp³-hybridized carbons (Fsp3) is 0.167. The molecule has 0 atom stereocenters. The number of nitrogens with zero attached hydrogens (tertiary/aromatic N) is 7. The van der Waals surface area contributed by atoms with Gasteiger partial charge in [-0.3, -0.25) is 9.55 Å². The summed E-state index contributed by atoms with van der Waals surface area (Å²) in [6.45, 7) is 3.48. The second-order valence-corrected chi connectivity index (χ2v) is 12.8. The Labute approximate surface area is 191 Å². The van der Waals surface area contributed by atoms with Gasteiger partial charge >= 0.3 is 10.9 Å². The van der Waals surface area contributed by atoms with Gasteiger partial charge in [0, 0.05) is 12.1 Å². The molecule has 1 N–H and O–H groups in total. The molecular formula is C12H9Cl6N8O2P. The number of aromatic amines is 1. The summed E-state index contributed by atoms with van der Waals surface area (Å²) >= 11 is 30.8. The molecule has 4 heterocycles. The van der Waals surface area contributed by atoms with Crippen molar-refractivity contribution in [1.29, 1.82) is 0 Å². The van der Waals surface area contributed by atoms with Gasteiger partial charge in [0.2, 0.25) is 5.28 Å². The fourth-order valence-corrected chi connectivity index (χ4v) is 2.53. The number of hydrogen-bond donors (Lipinski definition) is 1. The normalized spacial score (nSPS) is 11.0. The lowest BCUT2D eigenvalue weighted by Crippen LogP contribution is -2.16. The molecule has 17 heteroatoms. The van der Waals surface area contributed by atoms with Crippen LogP contribution in [0.5, 0.6) is 0 Å². The van der Waals surface area contributed by atoms with Crippen LogP contribution in [-0.4, -0.2) is 39.2 Å². The summed E-state index contributed by atoms with van der Waals surface area (Å²) < 4.78 is 12.1. The van der Waals surface area contributed by atoms with E-state index in [0.29, 0.717) is 28.1 Å². The number of rotatable bonds is 0. The molecule has 0 saturated heterocycles. The molecule has 0 fully saturated rings. The first-order valence-electron chi connectivity index (χ1n) is 7.20. The van der Waals surface area contributed by atoms with E-state index in [1.807, 2.05) is 0 Å². The molecule has 0 saturated carbocycles. The van der Waals surface area contributed by atoms with E-state index < -0.39 is 5.20 Å². The van der Waals surface area contributed by atoms with E-state index in [1.165, 1.54) is 9.03 Å². The number of fused-ring (bicyclic) bond motifs is 2. The zero-order chi connectivity index (χ0) is 21.9. The Hall–Kier alpha value is -1.13. The summed E-state index contributed by atoms with van der Waals surface area (Å²) in [5.74, 6) is 1.18. The van der Waals surface area contributed by atoms with Gasteiger partial charge in [-0.25, -0.2) is 19.7 Å². The number of aromatic nitrogens is 8. The molecule has 0 unspecified atom stereocenters. The van der Waals surface area contributed by atoms with Crippen LogP contribution in [0.3, 0.4) is 0 Å². The highest BCUT2D eigenvalue weighted by molar-refractivity contribution is 8.24. The highest BCUT2D eigenvalue weighted by Crippen LogP contribution is 2.61. The van der Waals surface area contributed by atoms with Gasteiger partial charge in [0.05, 0.1) is 0 Å². The number of aryl methyl sites for hydroxylation is 2. The van der Waals surface area contributed by atoms with Crippen molar-refractivity contribution >= 4 is 85.0 Å². The standard InChI is InChI=1S/C6H4Cl2N4.C6H5ClN4O.Cl3OP/c1-3-9-5-2-4(7)10-6(8)12(5)11-3;1-3-8-5-2-4(7)9-6(12)11(5)10-3;1-5(2,3)4/h2H,1H3;2H,1H3,(H,9,12);. The first-order chi connectivity index (χ1) is 13.3. The molecular weight excluding hydrogens is 532 g/mol. The van der Waals surface area contributed by atoms with Crippen molar-refractivity contribution in [2.45, 2.75) is 13.8 Å². The van der Waals surface area contributed by atoms with Gasteiger partial charge in [-0.2, -0.15) is 9.03 Å². The molecule has 10 nitrogen and oxygen atoms in total. The van der Waals surface area contributed by atoms with Gasteiger partial charge in [0.1, 0.15) is 22.0 Å². The summed E-state index contributed by atoms with van der Waals surface area (Å²) in [6.07, 6.45) is 0. The summed E-state index contributed by atoms with van der Waals surface area (Å²) in [5.41, 5.74) is 0.692. The first kappa shape index (κ1) is 24.1. The van der Waals surface area contributed by atoms with Crippen LogP contribution in [0.15, 0.2) is 16.9 Å². The van der Waals surface area contributed by atoms with Crippen molar-refractivity contribution in [2.24, 2.45) is 0 Å². The third-order valence-corrected chi connectivity index (χ3v) is 3.41. The van der Waals surface area contributed by atoms with Crippen molar-refractivity contribution in [2.75, 3.05) is 0 Å². The topological polar surface area (TPSA) is 123 Å². The maximum atomic E-state index is 11.1. The van der Waals surface area contributed by atoms with Crippen molar-refractivity contribution in [1.82, 2.24) is 39.2 Å². The zero-order valence-electron chi connectivity index (χ0n) is 14.3. The molecule has 0 amide bonds. The lowest BCUT2D eigenvalue weighted by Gasteiger charge is -1.93. The summed E-state index contributed by atoms with van der Waals surface area (Å²) in [7, 11) is 0. The Bertz CT molecular complexity index is 1260. The van der Waals surface area contributed by atoms with E-state index in [1.54, 1.807) is 26.0 Å². The van der Waals surface area contributed by atoms with E-state index in [0.717, 1.165) is 0 Å². The summed E-state index contributed by atoms with van der Waals surface area (Å²) in [4.78, 5) is 25.4. The minimum atomic E-state index is -3.22. The van der Waals surface area contributed by atoms with Gasteiger partial charge in [-0.05, 0) is 59.2 Å². The van der Waals surface area contributed by atoms with Gasteiger partial charge in [-0.15, -0.1) is 10.2 Å². The van der Waals surface area contributed by atoms with Crippen molar-refractivity contribution in [3.63, 3.8) is 0 Å². The van der Waals surface area contributed by atoms with Crippen LogP contribution in [0, 0.1) is 13.8 Å². The van der Waals surface area contributed by atoms with Crippen molar-refractivity contribution < 1.29 is 4.57 Å². The average molecular weight is 541 g/mol. The third-order valence-electron chi connectivity index (χ3n) is 2.77. The molecule has 0 aromatic carbocycles. The smallest absolute Gasteiger partial charge is 0.296 e. The molecule has 156 valence electrons. The number of nitrogens with one attached hydrogen (secondary N) is 1. The molecule has 0 aliphatic heterocycles. The Kier molecular flexibility index (Phi) is 8.15. The van der Waals surface area contributed by atoms with E-state index >= 15 is 0 Å². The van der Waals surface area contributed by atoms with Crippen molar-refractivity contribution in [3.8, 4) is 0 Å². The first-order valence-corrected chi connectivity index (χ1v) is 12.8. The summed E-state index contributed by atoms with van der Waals surface area (Å²) in [6, 6.07) is 3.15. The van der Waals surface area contributed by atoms with E-state index in [-0.39, 0.29) is 16.1 Å². The molecule has 29 heavy (non-hydrogen) atoms. The molecule has 0 aliphatic carbocycles. The van der Waals surface area contributed by atoms with Crippen LogP contribution in [0.25, 0.3) is 11.3 Å². The average Bonchev–Trinajstić information content (AvgIpc) is 3.08. The Morgan fingerprint density at radius 1 is 0.897 bits per heavy atom. The zero-order valence-corrected chi connectivity index (χ0v) is 19.7. The Balaban J connectivity index is 0.000000170. The maximum absolute atomic E-state index is 11.1. The minimum absolute atomic E-state index is 0.220. The lowest BCUT2D eigenvalue weighted by atomic mass is 10.6. The van der Waals surface area contributed by atoms with Crippen LogP contribution in [0.4, 0.5) is 0 Å². The molecule has 0 spiro atoms. The Morgan fingerprint density at radius 2 is 1.38 bits per heavy atom. The number of H-pyrrole nitrogens is 1. The second-order valence-electron chi connectivity index (χ2n) is 5.03. The van der Waals surface area contributed by atoms with Gasteiger partial charge in [-0.1, -0.05) is 23.2 Å². The van der Waals surface area contributed by atoms with Crippen LogP contribution in [-0.2, 0) is 4.57 Å². The second kappa shape index (κ2) is 9.78. The lowest BCUT2D eigenvalue weighted by molar-refractivity contribution is 0.600. The minimum Gasteiger partial charge on any atom is -0.296 e. The van der Waals surface area contributed by atoms with E-state index in [4.69, 9.17) is 34.8 Å².